The van der Waals surface area contributed by atoms with Crippen LogP contribution < -0.4 is 5.32 Å². The number of aromatic nitrogens is 1. The fourth-order valence-electron chi connectivity index (χ4n) is 1.59. The highest BCUT2D eigenvalue weighted by Crippen LogP contribution is 2.17. The second-order valence-corrected chi connectivity index (χ2v) is 5.81. The third kappa shape index (κ3) is 2.44. The van der Waals surface area contributed by atoms with Gasteiger partial charge < -0.3 is 5.32 Å². The van der Waals surface area contributed by atoms with Gasteiger partial charge in [0.1, 0.15) is 0 Å². The lowest BCUT2D eigenvalue weighted by Crippen LogP contribution is -2.21. The van der Waals surface area contributed by atoms with E-state index in [1.807, 2.05) is 0 Å². The van der Waals surface area contributed by atoms with Gasteiger partial charge in [-0.05, 0) is 18.6 Å². The highest BCUT2D eigenvalue weighted by atomic mass is 32.2. The van der Waals surface area contributed by atoms with Gasteiger partial charge in [-0.2, -0.15) is 0 Å². The van der Waals surface area contributed by atoms with Crippen molar-refractivity contribution in [3.8, 4) is 0 Å². The molecule has 0 amide bonds. The molecule has 0 spiro atoms. The first kappa shape index (κ1) is 10.4. The lowest BCUT2D eigenvalue weighted by Gasteiger charge is -2.11. The number of halogens is 1. The molecule has 6 heteroatoms. The van der Waals surface area contributed by atoms with Crippen LogP contribution in [0.4, 0.5) is 10.2 Å². The molecule has 1 aromatic rings. The minimum absolute atomic E-state index is 0.0585. The predicted molar refractivity (Wildman–Crippen MR) is 54.9 cm³/mol. The maximum atomic E-state index is 13.2. The van der Waals surface area contributed by atoms with Crippen LogP contribution in [0, 0.1) is 5.82 Å². The summed E-state index contributed by atoms with van der Waals surface area (Å²) in [6.45, 7) is 0. The SMILES string of the molecule is O=S1(=O)CCC(Nc2ncccc2F)C1. The van der Waals surface area contributed by atoms with Crippen molar-refractivity contribution in [3.05, 3.63) is 24.1 Å². The molecule has 82 valence electrons. The van der Waals surface area contributed by atoms with E-state index in [0.29, 0.717) is 6.42 Å². The molecule has 0 aromatic carbocycles. The van der Waals surface area contributed by atoms with Crippen molar-refractivity contribution in [1.82, 2.24) is 4.98 Å². The summed E-state index contributed by atoms with van der Waals surface area (Å²) in [5.74, 6) is -0.108. The quantitative estimate of drug-likeness (QED) is 0.817. The number of rotatable bonds is 2. The predicted octanol–water partition coefficient (Wildman–Crippen LogP) is 0.820. The van der Waals surface area contributed by atoms with Crippen LogP contribution in [0.3, 0.4) is 0 Å². The lowest BCUT2D eigenvalue weighted by molar-refractivity contribution is 0.601. The zero-order chi connectivity index (χ0) is 10.9. The van der Waals surface area contributed by atoms with Gasteiger partial charge in [-0.3, -0.25) is 0 Å². The monoisotopic (exact) mass is 230 g/mol. The fraction of sp³-hybridized carbons (Fsp3) is 0.444. The standard InChI is InChI=1S/C9H11FN2O2S/c10-8-2-1-4-11-9(8)12-7-3-5-15(13,14)6-7/h1-2,4,7H,3,5-6H2,(H,11,12). The Kier molecular flexibility index (Phi) is 2.60. The Balaban J connectivity index is 2.08. The number of sulfone groups is 1. The van der Waals surface area contributed by atoms with E-state index in [9.17, 15) is 12.8 Å². The van der Waals surface area contributed by atoms with Gasteiger partial charge in [0.05, 0.1) is 11.5 Å². The van der Waals surface area contributed by atoms with Crippen molar-refractivity contribution in [1.29, 1.82) is 0 Å². The van der Waals surface area contributed by atoms with Gasteiger partial charge in [-0.1, -0.05) is 0 Å². The van der Waals surface area contributed by atoms with Gasteiger partial charge in [0.2, 0.25) is 0 Å². The van der Waals surface area contributed by atoms with Crippen LogP contribution in [-0.4, -0.2) is 30.9 Å². The summed E-state index contributed by atoms with van der Waals surface area (Å²) in [5, 5.41) is 2.80. The molecule has 1 saturated heterocycles. The number of nitrogens with one attached hydrogen (secondary N) is 1. The maximum Gasteiger partial charge on any atom is 0.165 e. The van der Waals surface area contributed by atoms with E-state index in [-0.39, 0.29) is 23.4 Å². The molecule has 1 aliphatic heterocycles. The largest absolute Gasteiger partial charge is 0.364 e. The average molecular weight is 230 g/mol. The summed E-state index contributed by atoms with van der Waals surface area (Å²) in [6, 6.07) is 2.56. The Morgan fingerprint density at radius 1 is 1.53 bits per heavy atom. The number of hydrogen-bond acceptors (Lipinski definition) is 4. The fourth-order valence-corrected chi connectivity index (χ4v) is 3.27. The average Bonchev–Trinajstić information content (AvgIpc) is 2.50. The first-order valence-electron chi connectivity index (χ1n) is 4.64. The van der Waals surface area contributed by atoms with Gasteiger partial charge in [0.25, 0.3) is 0 Å². The molecule has 1 aromatic heterocycles. The van der Waals surface area contributed by atoms with E-state index in [4.69, 9.17) is 0 Å². The van der Waals surface area contributed by atoms with Crippen LogP contribution in [0.25, 0.3) is 0 Å². The van der Waals surface area contributed by atoms with E-state index < -0.39 is 15.7 Å². The summed E-state index contributed by atoms with van der Waals surface area (Å²) in [6.07, 6.45) is 1.98. The van der Waals surface area contributed by atoms with Crippen LogP contribution in [0.2, 0.25) is 0 Å². The molecule has 1 N–H and O–H groups in total. The first-order chi connectivity index (χ1) is 7.07. The van der Waals surface area contributed by atoms with Gasteiger partial charge in [-0.15, -0.1) is 0 Å². The Labute approximate surface area is 87.4 Å². The van der Waals surface area contributed by atoms with E-state index >= 15 is 0 Å². The molecule has 2 heterocycles. The number of anilines is 1. The topological polar surface area (TPSA) is 59.1 Å². The van der Waals surface area contributed by atoms with Crippen LogP contribution in [0.5, 0.6) is 0 Å². The zero-order valence-corrected chi connectivity index (χ0v) is 8.80. The minimum atomic E-state index is -2.94. The van der Waals surface area contributed by atoms with E-state index in [1.165, 1.54) is 18.3 Å². The van der Waals surface area contributed by atoms with Crippen molar-refractivity contribution >= 4 is 15.7 Å². The number of nitrogens with zero attached hydrogens (tertiary/aromatic N) is 1. The third-order valence-corrected chi connectivity index (χ3v) is 4.10. The number of hydrogen-bond donors (Lipinski definition) is 1. The molecule has 0 aliphatic carbocycles. The molecule has 0 bridgehead atoms. The second-order valence-electron chi connectivity index (χ2n) is 3.58. The Morgan fingerprint density at radius 3 is 2.93 bits per heavy atom. The summed E-state index contributed by atoms with van der Waals surface area (Å²) in [5.41, 5.74) is 0. The van der Waals surface area contributed by atoms with Crippen molar-refractivity contribution in [3.63, 3.8) is 0 Å². The van der Waals surface area contributed by atoms with Gasteiger partial charge in [0.15, 0.2) is 21.5 Å². The zero-order valence-electron chi connectivity index (χ0n) is 7.98. The van der Waals surface area contributed by atoms with E-state index in [2.05, 4.69) is 10.3 Å². The first-order valence-corrected chi connectivity index (χ1v) is 6.46. The highest BCUT2D eigenvalue weighted by Gasteiger charge is 2.28. The molecule has 2 rings (SSSR count). The van der Waals surface area contributed by atoms with Crippen molar-refractivity contribution in [2.24, 2.45) is 0 Å². The van der Waals surface area contributed by atoms with Crippen molar-refractivity contribution < 1.29 is 12.8 Å². The molecule has 1 atom stereocenters. The van der Waals surface area contributed by atoms with E-state index in [0.717, 1.165) is 0 Å². The Morgan fingerprint density at radius 2 is 2.33 bits per heavy atom. The van der Waals surface area contributed by atoms with Crippen LogP contribution in [-0.2, 0) is 9.84 Å². The molecule has 4 nitrogen and oxygen atoms in total. The van der Waals surface area contributed by atoms with Crippen LogP contribution >= 0.6 is 0 Å². The molecule has 1 unspecified atom stereocenters. The highest BCUT2D eigenvalue weighted by molar-refractivity contribution is 7.91. The second kappa shape index (κ2) is 3.77. The van der Waals surface area contributed by atoms with Crippen LogP contribution in [0.15, 0.2) is 18.3 Å². The normalized spacial score (nSPS) is 23.9. The molecular formula is C9H11FN2O2S. The molecular weight excluding hydrogens is 219 g/mol. The molecule has 15 heavy (non-hydrogen) atoms. The molecule has 1 aliphatic rings. The Hall–Kier alpha value is -1.17. The van der Waals surface area contributed by atoms with E-state index in [1.54, 1.807) is 0 Å². The smallest absolute Gasteiger partial charge is 0.165 e. The lowest BCUT2D eigenvalue weighted by atomic mass is 10.2. The molecule has 1 fully saturated rings. The van der Waals surface area contributed by atoms with Gasteiger partial charge in [-0.25, -0.2) is 17.8 Å². The number of pyridine rings is 1. The summed E-state index contributed by atoms with van der Waals surface area (Å²) >= 11 is 0. The minimum Gasteiger partial charge on any atom is -0.364 e. The maximum absolute atomic E-state index is 13.2. The summed E-state index contributed by atoms with van der Waals surface area (Å²) in [7, 11) is -2.94. The van der Waals surface area contributed by atoms with Gasteiger partial charge >= 0.3 is 0 Å². The van der Waals surface area contributed by atoms with Gasteiger partial charge in [0, 0.05) is 12.2 Å². The summed E-state index contributed by atoms with van der Waals surface area (Å²) in [4.78, 5) is 3.81. The molecule has 0 saturated carbocycles. The van der Waals surface area contributed by atoms with Crippen LogP contribution in [0.1, 0.15) is 6.42 Å². The van der Waals surface area contributed by atoms with Crippen molar-refractivity contribution in [2.45, 2.75) is 12.5 Å². The third-order valence-electron chi connectivity index (χ3n) is 2.33. The van der Waals surface area contributed by atoms with Crippen molar-refractivity contribution in [2.75, 3.05) is 16.8 Å². The molecule has 0 radical (unpaired) electrons. The summed E-state index contributed by atoms with van der Waals surface area (Å²) < 4.78 is 35.5. The Bertz CT molecular complexity index is 461.